The third-order valence-corrected chi connectivity index (χ3v) is 5.63. The Morgan fingerprint density at radius 1 is 1.27 bits per heavy atom. The second kappa shape index (κ2) is 7.85. The average Bonchev–Trinajstić information content (AvgIpc) is 3.37. The first-order valence-corrected chi connectivity index (χ1v) is 9.72. The molecular formula is C20H21N3O2S. The van der Waals surface area contributed by atoms with Gasteiger partial charge in [-0.25, -0.2) is 4.98 Å². The van der Waals surface area contributed by atoms with Gasteiger partial charge in [0.05, 0.1) is 12.0 Å². The van der Waals surface area contributed by atoms with E-state index in [1.54, 1.807) is 6.26 Å². The van der Waals surface area contributed by atoms with Gasteiger partial charge in [-0.05, 0) is 44.0 Å². The molecule has 1 aliphatic rings. The number of aromatic nitrogens is 1. The molecule has 0 spiro atoms. The molecule has 6 heteroatoms. The Hall–Kier alpha value is -2.44. The molecule has 1 amide bonds. The van der Waals surface area contributed by atoms with Crippen molar-refractivity contribution in [3.05, 3.63) is 53.6 Å². The van der Waals surface area contributed by atoms with Crippen LogP contribution in [0.1, 0.15) is 22.5 Å². The molecule has 2 N–H and O–H groups in total. The van der Waals surface area contributed by atoms with Gasteiger partial charge in [-0.15, -0.1) is 11.3 Å². The van der Waals surface area contributed by atoms with Crippen LogP contribution >= 0.6 is 11.3 Å². The highest BCUT2D eigenvalue weighted by Gasteiger charge is 2.22. The molecule has 0 saturated carbocycles. The summed E-state index contributed by atoms with van der Waals surface area (Å²) in [5.74, 6) is 1.11. The van der Waals surface area contributed by atoms with Crippen LogP contribution in [0.25, 0.3) is 22.0 Å². The van der Waals surface area contributed by atoms with Gasteiger partial charge in [0.25, 0.3) is 5.91 Å². The summed E-state index contributed by atoms with van der Waals surface area (Å²) in [6.45, 7) is 2.73. The van der Waals surface area contributed by atoms with Gasteiger partial charge < -0.3 is 15.1 Å². The van der Waals surface area contributed by atoms with E-state index in [0.717, 1.165) is 30.1 Å². The van der Waals surface area contributed by atoms with Gasteiger partial charge in [-0.2, -0.15) is 0 Å². The highest BCUT2D eigenvalue weighted by molar-refractivity contribution is 7.17. The number of amides is 1. The Labute approximate surface area is 156 Å². The van der Waals surface area contributed by atoms with Crippen molar-refractivity contribution in [1.82, 2.24) is 15.6 Å². The molecule has 1 aliphatic heterocycles. The van der Waals surface area contributed by atoms with Crippen molar-refractivity contribution < 1.29 is 9.21 Å². The van der Waals surface area contributed by atoms with Crippen LogP contribution in [0.4, 0.5) is 0 Å². The average molecular weight is 367 g/mol. The predicted molar refractivity (Wildman–Crippen MR) is 103 cm³/mol. The van der Waals surface area contributed by atoms with Crippen molar-refractivity contribution in [2.75, 3.05) is 19.6 Å². The Morgan fingerprint density at radius 3 is 2.88 bits per heavy atom. The Balaban J connectivity index is 1.59. The number of thiazole rings is 1. The highest BCUT2D eigenvalue weighted by Crippen LogP contribution is 2.34. The van der Waals surface area contributed by atoms with Gasteiger partial charge in [0, 0.05) is 12.1 Å². The summed E-state index contributed by atoms with van der Waals surface area (Å²) in [6, 6.07) is 13.5. The lowest BCUT2D eigenvalue weighted by Crippen LogP contribution is -2.38. The van der Waals surface area contributed by atoms with E-state index in [-0.39, 0.29) is 5.91 Å². The number of rotatable bonds is 5. The fourth-order valence-electron chi connectivity index (χ4n) is 3.19. The van der Waals surface area contributed by atoms with E-state index in [1.165, 1.54) is 17.8 Å². The van der Waals surface area contributed by atoms with E-state index in [1.807, 2.05) is 42.5 Å². The summed E-state index contributed by atoms with van der Waals surface area (Å²) in [4.78, 5) is 18.2. The van der Waals surface area contributed by atoms with E-state index in [0.29, 0.717) is 28.8 Å². The standard InChI is InChI=1S/C20H21N3O2S/c24-19(22-13-14-6-4-10-21-12-14)18-17(15-7-2-1-3-8-15)23-20(26-18)16-9-5-11-25-16/h1-3,5,7-9,11,14,21H,4,6,10,12-13H2,(H,22,24). The number of hydrogen-bond donors (Lipinski definition) is 2. The largest absolute Gasteiger partial charge is 0.462 e. The maximum Gasteiger partial charge on any atom is 0.263 e. The van der Waals surface area contributed by atoms with Gasteiger partial charge in [-0.1, -0.05) is 30.3 Å². The van der Waals surface area contributed by atoms with Crippen molar-refractivity contribution in [3.8, 4) is 22.0 Å². The van der Waals surface area contributed by atoms with Crippen LogP contribution in [0.2, 0.25) is 0 Å². The molecule has 1 saturated heterocycles. The molecule has 4 rings (SSSR count). The van der Waals surface area contributed by atoms with E-state index >= 15 is 0 Å². The molecular weight excluding hydrogens is 346 g/mol. The summed E-state index contributed by atoms with van der Waals surface area (Å²) in [6.07, 6.45) is 3.94. The van der Waals surface area contributed by atoms with Crippen molar-refractivity contribution >= 4 is 17.2 Å². The summed E-state index contributed by atoms with van der Waals surface area (Å²) >= 11 is 1.37. The number of hydrogen-bond acceptors (Lipinski definition) is 5. The first kappa shape index (κ1) is 17.0. The molecule has 0 aliphatic carbocycles. The van der Waals surface area contributed by atoms with Crippen LogP contribution in [0.15, 0.2) is 53.1 Å². The number of piperidine rings is 1. The normalized spacial score (nSPS) is 17.2. The van der Waals surface area contributed by atoms with Crippen molar-refractivity contribution in [1.29, 1.82) is 0 Å². The van der Waals surface area contributed by atoms with E-state index < -0.39 is 0 Å². The predicted octanol–water partition coefficient (Wildman–Crippen LogP) is 3.80. The Morgan fingerprint density at radius 2 is 2.15 bits per heavy atom. The van der Waals surface area contributed by atoms with Crippen LogP contribution in [0.5, 0.6) is 0 Å². The first-order chi connectivity index (χ1) is 12.8. The minimum Gasteiger partial charge on any atom is -0.462 e. The van der Waals surface area contributed by atoms with Crippen LogP contribution in [0.3, 0.4) is 0 Å². The minimum atomic E-state index is -0.0651. The third kappa shape index (κ3) is 3.71. The summed E-state index contributed by atoms with van der Waals surface area (Å²) in [5.41, 5.74) is 1.65. The molecule has 1 atom stereocenters. The zero-order chi connectivity index (χ0) is 17.8. The summed E-state index contributed by atoms with van der Waals surface area (Å²) < 4.78 is 5.47. The molecule has 134 valence electrons. The SMILES string of the molecule is O=C(NCC1CCCNC1)c1sc(-c2ccco2)nc1-c1ccccc1. The molecule has 3 aromatic rings. The minimum absolute atomic E-state index is 0.0651. The molecule has 1 aromatic carbocycles. The first-order valence-electron chi connectivity index (χ1n) is 8.90. The Bertz CT molecular complexity index is 853. The van der Waals surface area contributed by atoms with Crippen LogP contribution in [0, 0.1) is 5.92 Å². The molecule has 2 aromatic heterocycles. The molecule has 5 nitrogen and oxygen atoms in total. The maximum absolute atomic E-state index is 12.9. The fourth-order valence-corrected chi connectivity index (χ4v) is 4.16. The van der Waals surface area contributed by atoms with Crippen LogP contribution in [-0.4, -0.2) is 30.5 Å². The smallest absolute Gasteiger partial charge is 0.263 e. The zero-order valence-electron chi connectivity index (χ0n) is 14.4. The lowest BCUT2D eigenvalue weighted by molar-refractivity contribution is 0.0949. The molecule has 1 fully saturated rings. The lowest BCUT2D eigenvalue weighted by Gasteiger charge is -2.22. The van der Waals surface area contributed by atoms with E-state index in [9.17, 15) is 4.79 Å². The lowest BCUT2D eigenvalue weighted by atomic mass is 10.00. The summed E-state index contributed by atoms with van der Waals surface area (Å²) in [5, 5.41) is 7.20. The number of furan rings is 1. The molecule has 0 radical (unpaired) electrons. The van der Waals surface area contributed by atoms with Crippen molar-refractivity contribution in [2.24, 2.45) is 5.92 Å². The Kier molecular flexibility index (Phi) is 5.13. The van der Waals surface area contributed by atoms with Crippen LogP contribution in [-0.2, 0) is 0 Å². The van der Waals surface area contributed by atoms with Gasteiger partial charge in [0.15, 0.2) is 10.8 Å². The van der Waals surface area contributed by atoms with Crippen LogP contribution < -0.4 is 10.6 Å². The number of nitrogens with one attached hydrogen (secondary N) is 2. The van der Waals surface area contributed by atoms with Gasteiger partial charge >= 0.3 is 0 Å². The highest BCUT2D eigenvalue weighted by atomic mass is 32.1. The van der Waals surface area contributed by atoms with Gasteiger partial charge in [0.1, 0.15) is 4.88 Å². The summed E-state index contributed by atoms with van der Waals surface area (Å²) in [7, 11) is 0. The number of benzene rings is 1. The molecule has 0 bridgehead atoms. The van der Waals surface area contributed by atoms with Gasteiger partial charge in [-0.3, -0.25) is 4.79 Å². The topological polar surface area (TPSA) is 67.2 Å². The van der Waals surface area contributed by atoms with Crippen molar-refractivity contribution in [3.63, 3.8) is 0 Å². The third-order valence-electron chi connectivity index (χ3n) is 4.56. The van der Waals surface area contributed by atoms with Crippen molar-refractivity contribution in [2.45, 2.75) is 12.8 Å². The fraction of sp³-hybridized carbons (Fsp3) is 0.300. The van der Waals surface area contributed by atoms with E-state index in [2.05, 4.69) is 10.6 Å². The quantitative estimate of drug-likeness (QED) is 0.720. The second-order valence-electron chi connectivity index (χ2n) is 6.46. The number of carbonyl (C=O) groups is 1. The number of nitrogens with zero attached hydrogens (tertiary/aromatic N) is 1. The number of carbonyl (C=O) groups excluding carboxylic acids is 1. The van der Waals surface area contributed by atoms with Gasteiger partial charge in [0.2, 0.25) is 0 Å². The van der Waals surface area contributed by atoms with E-state index in [4.69, 9.17) is 9.40 Å². The maximum atomic E-state index is 12.9. The zero-order valence-corrected chi connectivity index (χ0v) is 15.2. The monoisotopic (exact) mass is 367 g/mol. The second-order valence-corrected chi connectivity index (χ2v) is 7.46. The molecule has 26 heavy (non-hydrogen) atoms. The molecule has 3 heterocycles. The molecule has 1 unspecified atom stereocenters.